The Morgan fingerprint density at radius 1 is 1.60 bits per heavy atom. The lowest BCUT2D eigenvalue weighted by Crippen LogP contribution is -1.84. The fraction of sp³-hybridized carbons (Fsp3) is 0.429. The number of carbonyl (C=O) groups is 1. The van der Waals surface area contributed by atoms with Crippen LogP contribution in [-0.4, -0.2) is 11.3 Å². The highest BCUT2D eigenvalue weighted by atomic mass is 16.4. The molecule has 0 saturated carbocycles. The Morgan fingerprint density at radius 2 is 2.30 bits per heavy atom. The fourth-order valence-corrected chi connectivity index (χ4v) is 0.698. The highest BCUT2D eigenvalue weighted by Crippen LogP contribution is 2.07. The Balaban J connectivity index is 2.86. The molecule has 0 aromatic carbocycles. The van der Waals surface area contributed by atoms with E-state index in [9.17, 15) is 4.79 Å². The standard InChI is InChI=1S/C7H9NO2/c1-5-6(2)10-7(8-5)3-4-9/h4H,3H2,1-2H3. The summed E-state index contributed by atoms with van der Waals surface area (Å²) in [4.78, 5) is 14.0. The average molecular weight is 139 g/mol. The molecule has 0 atom stereocenters. The van der Waals surface area contributed by atoms with E-state index in [-0.39, 0.29) is 6.42 Å². The second kappa shape index (κ2) is 2.64. The van der Waals surface area contributed by atoms with Gasteiger partial charge in [-0.3, -0.25) is 0 Å². The lowest BCUT2D eigenvalue weighted by molar-refractivity contribution is -0.107. The summed E-state index contributed by atoms with van der Waals surface area (Å²) in [5.41, 5.74) is 0.858. The van der Waals surface area contributed by atoms with Gasteiger partial charge in [-0.1, -0.05) is 0 Å². The van der Waals surface area contributed by atoms with Gasteiger partial charge in [-0.25, -0.2) is 4.98 Å². The largest absolute Gasteiger partial charge is 0.445 e. The average Bonchev–Trinajstić information content (AvgIpc) is 2.14. The molecule has 0 bridgehead atoms. The molecule has 0 unspecified atom stereocenters. The summed E-state index contributed by atoms with van der Waals surface area (Å²) in [6.07, 6.45) is 1.05. The molecular formula is C7H9NO2. The predicted molar refractivity (Wildman–Crippen MR) is 35.7 cm³/mol. The Bertz CT molecular complexity index is 220. The second-order valence-corrected chi connectivity index (χ2v) is 2.12. The van der Waals surface area contributed by atoms with Crippen LogP contribution in [0.3, 0.4) is 0 Å². The number of rotatable bonds is 2. The maximum absolute atomic E-state index is 9.99. The van der Waals surface area contributed by atoms with Gasteiger partial charge in [-0.2, -0.15) is 0 Å². The Hall–Kier alpha value is -1.12. The Labute approximate surface area is 59.1 Å². The number of hydrogen-bond donors (Lipinski definition) is 0. The monoisotopic (exact) mass is 139 g/mol. The minimum absolute atomic E-state index is 0.272. The second-order valence-electron chi connectivity index (χ2n) is 2.12. The fourth-order valence-electron chi connectivity index (χ4n) is 0.698. The van der Waals surface area contributed by atoms with Crippen LogP contribution in [-0.2, 0) is 11.2 Å². The number of carbonyl (C=O) groups excluding carboxylic acids is 1. The first-order valence-electron chi connectivity index (χ1n) is 3.10. The van der Waals surface area contributed by atoms with E-state index in [4.69, 9.17) is 4.42 Å². The molecule has 3 nitrogen and oxygen atoms in total. The molecule has 0 amide bonds. The van der Waals surface area contributed by atoms with Crippen LogP contribution in [0.1, 0.15) is 17.3 Å². The van der Waals surface area contributed by atoms with Gasteiger partial charge in [0.15, 0.2) is 0 Å². The maximum atomic E-state index is 9.99. The van der Waals surface area contributed by atoms with Crippen molar-refractivity contribution < 1.29 is 9.21 Å². The number of nitrogens with zero attached hydrogens (tertiary/aromatic N) is 1. The molecule has 0 aliphatic carbocycles. The Morgan fingerprint density at radius 3 is 2.70 bits per heavy atom. The van der Waals surface area contributed by atoms with Crippen molar-refractivity contribution in [2.75, 3.05) is 0 Å². The molecule has 0 aliphatic rings. The van der Waals surface area contributed by atoms with E-state index in [0.29, 0.717) is 5.89 Å². The first-order chi connectivity index (χ1) is 4.74. The van der Waals surface area contributed by atoms with Crippen molar-refractivity contribution in [2.24, 2.45) is 0 Å². The first-order valence-corrected chi connectivity index (χ1v) is 3.10. The summed E-state index contributed by atoms with van der Waals surface area (Å²) in [6, 6.07) is 0. The van der Waals surface area contributed by atoms with E-state index in [2.05, 4.69) is 4.98 Å². The zero-order chi connectivity index (χ0) is 7.56. The third-order valence-electron chi connectivity index (χ3n) is 1.33. The number of oxazole rings is 1. The predicted octanol–water partition coefficient (Wildman–Crippen LogP) is 1.03. The molecule has 0 aliphatic heterocycles. The maximum Gasteiger partial charge on any atom is 0.201 e. The van der Waals surface area contributed by atoms with Crippen LogP contribution in [0.15, 0.2) is 4.42 Å². The topological polar surface area (TPSA) is 43.1 Å². The summed E-state index contributed by atoms with van der Waals surface area (Å²) in [6.45, 7) is 3.68. The molecule has 1 aromatic heterocycles. The number of aryl methyl sites for hydroxylation is 2. The quantitative estimate of drug-likeness (QED) is 0.575. The molecule has 10 heavy (non-hydrogen) atoms. The van der Waals surface area contributed by atoms with Gasteiger partial charge in [0.05, 0.1) is 12.1 Å². The van der Waals surface area contributed by atoms with E-state index < -0.39 is 0 Å². The molecule has 1 rings (SSSR count). The van der Waals surface area contributed by atoms with Crippen LogP contribution >= 0.6 is 0 Å². The van der Waals surface area contributed by atoms with Gasteiger partial charge in [0.25, 0.3) is 0 Å². The highest BCUT2D eigenvalue weighted by Gasteiger charge is 2.02. The van der Waals surface area contributed by atoms with Gasteiger partial charge in [0, 0.05) is 0 Å². The molecule has 3 heteroatoms. The van der Waals surface area contributed by atoms with Gasteiger partial charge in [-0.15, -0.1) is 0 Å². The van der Waals surface area contributed by atoms with Crippen LogP contribution in [0.2, 0.25) is 0 Å². The molecule has 1 aromatic rings. The number of aromatic nitrogens is 1. The van der Waals surface area contributed by atoms with E-state index in [0.717, 1.165) is 17.7 Å². The van der Waals surface area contributed by atoms with Crippen molar-refractivity contribution in [1.82, 2.24) is 4.98 Å². The van der Waals surface area contributed by atoms with Crippen LogP contribution < -0.4 is 0 Å². The molecule has 1 heterocycles. The smallest absolute Gasteiger partial charge is 0.201 e. The minimum Gasteiger partial charge on any atom is -0.445 e. The van der Waals surface area contributed by atoms with Gasteiger partial charge >= 0.3 is 0 Å². The van der Waals surface area contributed by atoms with Crippen molar-refractivity contribution in [3.63, 3.8) is 0 Å². The van der Waals surface area contributed by atoms with Crippen molar-refractivity contribution in [3.05, 3.63) is 17.3 Å². The van der Waals surface area contributed by atoms with E-state index in [1.165, 1.54) is 0 Å². The van der Waals surface area contributed by atoms with Crippen LogP contribution in [0, 0.1) is 13.8 Å². The van der Waals surface area contributed by atoms with Gasteiger partial charge < -0.3 is 9.21 Å². The van der Waals surface area contributed by atoms with Gasteiger partial charge in [-0.05, 0) is 13.8 Å². The molecule has 0 fully saturated rings. The Kier molecular flexibility index (Phi) is 1.85. The molecule has 0 radical (unpaired) electrons. The van der Waals surface area contributed by atoms with Crippen LogP contribution in [0.25, 0.3) is 0 Å². The van der Waals surface area contributed by atoms with E-state index in [1.54, 1.807) is 0 Å². The molecule has 0 saturated heterocycles. The van der Waals surface area contributed by atoms with E-state index >= 15 is 0 Å². The summed E-state index contributed by atoms with van der Waals surface area (Å²) < 4.78 is 5.11. The summed E-state index contributed by atoms with van der Waals surface area (Å²) >= 11 is 0. The van der Waals surface area contributed by atoms with E-state index in [1.807, 2.05) is 13.8 Å². The zero-order valence-corrected chi connectivity index (χ0v) is 6.05. The summed E-state index contributed by atoms with van der Waals surface area (Å²) in [5, 5.41) is 0. The first kappa shape index (κ1) is 6.99. The molecular weight excluding hydrogens is 130 g/mol. The molecule has 54 valence electrons. The van der Waals surface area contributed by atoms with Crippen molar-refractivity contribution in [2.45, 2.75) is 20.3 Å². The van der Waals surface area contributed by atoms with Crippen molar-refractivity contribution in [3.8, 4) is 0 Å². The minimum atomic E-state index is 0.272. The lowest BCUT2D eigenvalue weighted by Gasteiger charge is -1.80. The summed E-state index contributed by atoms with van der Waals surface area (Å²) in [5.74, 6) is 1.29. The van der Waals surface area contributed by atoms with Gasteiger partial charge in [0.2, 0.25) is 5.89 Å². The third kappa shape index (κ3) is 1.23. The zero-order valence-electron chi connectivity index (χ0n) is 6.05. The van der Waals surface area contributed by atoms with Crippen molar-refractivity contribution in [1.29, 1.82) is 0 Å². The van der Waals surface area contributed by atoms with Crippen molar-refractivity contribution >= 4 is 6.29 Å². The normalized spacial score (nSPS) is 9.80. The van der Waals surface area contributed by atoms with Gasteiger partial charge in [0.1, 0.15) is 12.0 Å². The highest BCUT2D eigenvalue weighted by molar-refractivity contribution is 5.52. The van der Waals surface area contributed by atoms with Crippen LogP contribution in [0.4, 0.5) is 0 Å². The SMILES string of the molecule is Cc1nc(CC=O)oc1C. The van der Waals surface area contributed by atoms with Crippen LogP contribution in [0.5, 0.6) is 0 Å². The summed E-state index contributed by atoms with van der Waals surface area (Å²) in [7, 11) is 0. The number of hydrogen-bond acceptors (Lipinski definition) is 3. The third-order valence-corrected chi connectivity index (χ3v) is 1.33. The molecule has 0 spiro atoms. The lowest BCUT2D eigenvalue weighted by atomic mass is 10.4. The number of aldehydes is 1. The molecule has 0 N–H and O–H groups in total.